The molecule has 0 atom stereocenters. The molecular weight excluding hydrogens is 258 g/mol. The van der Waals surface area contributed by atoms with Gasteiger partial charge in [-0.3, -0.25) is 0 Å². The Balaban J connectivity index is 2.63. The van der Waals surface area contributed by atoms with E-state index in [-0.39, 0.29) is 0 Å². The van der Waals surface area contributed by atoms with Gasteiger partial charge in [0.1, 0.15) is 12.4 Å². The molecule has 0 spiro atoms. The summed E-state index contributed by atoms with van der Waals surface area (Å²) in [5.74, 6) is 6.52. The highest BCUT2D eigenvalue weighted by molar-refractivity contribution is 5.65. The first kappa shape index (κ1) is 15.9. The van der Waals surface area contributed by atoms with Crippen molar-refractivity contribution >= 4 is 6.09 Å². The Labute approximate surface area is 119 Å². The number of benzene rings is 1. The normalized spacial score (nSPS) is 10.3. The van der Waals surface area contributed by atoms with Gasteiger partial charge in [0.15, 0.2) is 5.60 Å². The largest absolute Gasteiger partial charge is 0.491 e. The number of amides is 1. The maximum atomic E-state index is 10.7. The molecule has 108 valence electrons. The predicted octanol–water partition coefficient (Wildman–Crippen LogP) is 1.94. The third-order valence-corrected chi connectivity index (χ3v) is 2.27. The van der Waals surface area contributed by atoms with Crippen LogP contribution in [-0.2, 0) is 9.47 Å². The van der Waals surface area contributed by atoms with E-state index in [4.69, 9.17) is 19.9 Å². The first-order valence-electron chi connectivity index (χ1n) is 6.16. The molecule has 0 aliphatic carbocycles. The van der Waals surface area contributed by atoms with Crippen molar-refractivity contribution in [3.8, 4) is 17.6 Å². The molecule has 20 heavy (non-hydrogen) atoms. The highest BCUT2D eigenvalue weighted by atomic mass is 16.6. The molecular formula is C15H19NO4. The Kier molecular flexibility index (Phi) is 5.88. The molecule has 2 N–H and O–H groups in total. The second kappa shape index (κ2) is 7.41. The van der Waals surface area contributed by atoms with Gasteiger partial charge in [-0.2, -0.15) is 0 Å². The number of hydrogen-bond donors (Lipinski definition) is 1. The minimum absolute atomic E-state index is 0.501. The number of primary amides is 1. The van der Waals surface area contributed by atoms with Gasteiger partial charge in [0, 0.05) is 12.7 Å². The van der Waals surface area contributed by atoms with Gasteiger partial charge < -0.3 is 19.9 Å². The number of nitrogens with two attached hydrogens (primary N) is 1. The molecule has 5 heteroatoms. The fourth-order valence-electron chi connectivity index (χ4n) is 1.38. The van der Waals surface area contributed by atoms with Crippen molar-refractivity contribution in [1.29, 1.82) is 0 Å². The summed E-state index contributed by atoms with van der Waals surface area (Å²) in [6, 6.07) is 7.30. The first-order chi connectivity index (χ1) is 9.43. The van der Waals surface area contributed by atoms with Crippen LogP contribution in [0.3, 0.4) is 0 Å². The minimum atomic E-state index is -0.917. The van der Waals surface area contributed by atoms with Crippen LogP contribution in [0.4, 0.5) is 4.79 Å². The quantitative estimate of drug-likeness (QED) is 0.659. The lowest BCUT2D eigenvalue weighted by Crippen LogP contribution is -2.29. The Morgan fingerprint density at radius 3 is 2.45 bits per heavy atom. The Hall–Kier alpha value is -2.19. The highest BCUT2D eigenvalue weighted by Crippen LogP contribution is 2.12. The van der Waals surface area contributed by atoms with Crippen LogP contribution in [0, 0.1) is 11.8 Å². The monoisotopic (exact) mass is 277 g/mol. The van der Waals surface area contributed by atoms with E-state index < -0.39 is 11.7 Å². The van der Waals surface area contributed by atoms with Crippen LogP contribution >= 0.6 is 0 Å². The van der Waals surface area contributed by atoms with Gasteiger partial charge in [0.05, 0.1) is 6.61 Å². The maximum absolute atomic E-state index is 10.7. The molecule has 1 amide bonds. The Bertz CT molecular complexity index is 497. The van der Waals surface area contributed by atoms with Crippen LogP contribution in [-0.4, -0.2) is 32.0 Å². The number of rotatable bonds is 5. The molecule has 1 aromatic rings. The number of ether oxygens (including phenoxy) is 3. The van der Waals surface area contributed by atoms with E-state index in [1.807, 2.05) is 24.3 Å². The van der Waals surface area contributed by atoms with Gasteiger partial charge in [-0.15, -0.1) is 0 Å². The smallest absolute Gasteiger partial charge is 0.406 e. The van der Waals surface area contributed by atoms with Crippen molar-refractivity contribution in [3.63, 3.8) is 0 Å². The van der Waals surface area contributed by atoms with Crippen molar-refractivity contribution in [2.75, 3.05) is 20.3 Å². The van der Waals surface area contributed by atoms with E-state index in [9.17, 15) is 4.79 Å². The lowest BCUT2D eigenvalue weighted by molar-refractivity contribution is 0.0865. The fourth-order valence-corrected chi connectivity index (χ4v) is 1.38. The number of carbonyl (C=O) groups excluding carboxylic acids is 1. The van der Waals surface area contributed by atoms with Crippen LogP contribution in [0.2, 0.25) is 0 Å². The summed E-state index contributed by atoms with van der Waals surface area (Å²) in [5.41, 5.74) is 4.85. The van der Waals surface area contributed by atoms with Crippen LogP contribution < -0.4 is 10.5 Å². The van der Waals surface area contributed by atoms with Crippen molar-refractivity contribution in [2.45, 2.75) is 19.4 Å². The zero-order valence-corrected chi connectivity index (χ0v) is 11.9. The SMILES string of the molecule is COCCOc1ccc(C#CC(C)(C)OC(N)=O)cc1. The topological polar surface area (TPSA) is 70.8 Å². The molecule has 0 radical (unpaired) electrons. The van der Waals surface area contributed by atoms with E-state index in [2.05, 4.69) is 11.8 Å². The average Bonchev–Trinajstić information content (AvgIpc) is 2.37. The molecule has 0 aliphatic heterocycles. The van der Waals surface area contributed by atoms with Gasteiger partial charge in [-0.1, -0.05) is 11.8 Å². The summed E-state index contributed by atoms with van der Waals surface area (Å²) < 4.78 is 15.2. The molecule has 0 fully saturated rings. The molecule has 0 saturated carbocycles. The standard InChI is InChI=1S/C15H19NO4/c1-15(2,20-14(16)17)9-8-12-4-6-13(7-5-12)19-11-10-18-3/h4-7H,10-11H2,1-3H3,(H2,16,17). The van der Waals surface area contributed by atoms with Crippen LogP contribution in [0.25, 0.3) is 0 Å². The van der Waals surface area contributed by atoms with Crippen molar-refractivity contribution in [1.82, 2.24) is 0 Å². The highest BCUT2D eigenvalue weighted by Gasteiger charge is 2.17. The molecule has 1 rings (SSSR count). The van der Waals surface area contributed by atoms with Crippen molar-refractivity contribution in [3.05, 3.63) is 29.8 Å². The molecule has 0 aliphatic rings. The summed E-state index contributed by atoms with van der Waals surface area (Å²) in [4.78, 5) is 10.7. The van der Waals surface area contributed by atoms with Crippen LogP contribution in [0.15, 0.2) is 24.3 Å². The molecule has 0 saturated heterocycles. The van der Waals surface area contributed by atoms with E-state index in [1.54, 1.807) is 21.0 Å². The van der Waals surface area contributed by atoms with E-state index in [0.717, 1.165) is 11.3 Å². The second-order valence-electron chi connectivity index (χ2n) is 4.55. The lowest BCUT2D eigenvalue weighted by Gasteiger charge is -2.16. The predicted molar refractivity (Wildman–Crippen MR) is 75.4 cm³/mol. The average molecular weight is 277 g/mol. The molecule has 5 nitrogen and oxygen atoms in total. The van der Waals surface area contributed by atoms with Crippen LogP contribution in [0.1, 0.15) is 19.4 Å². The second-order valence-corrected chi connectivity index (χ2v) is 4.55. The summed E-state index contributed by atoms with van der Waals surface area (Å²) in [7, 11) is 1.62. The first-order valence-corrected chi connectivity index (χ1v) is 6.16. The van der Waals surface area contributed by atoms with Gasteiger partial charge in [0.2, 0.25) is 0 Å². The summed E-state index contributed by atoms with van der Waals surface area (Å²) in [6.07, 6.45) is -0.841. The van der Waals surface area contributed by atoms with E-state index in [1.165, 1.54) is 0 Å². The molecule has 0 bridgehead atoms. The minimum Gasteiger partial charge on any atom is -0.491 e. The number of methoxy groups -OCH3 is 1. The third-order valence-electron chi connectivity index (χ3n) is 2.27. The molecule has 0 unspecified atom stereocenters. The van der Waals surface area contributed by atoms with Gasteiger partial charge >= 0.3 is 6.09 Å². The van der Waals surface area contributed by atoms with Crippen LogP contribution in [0.5, 0.6) is 5.75 Å². The molecule has 0 aromatic heterocycles. The Morgan fingerprint density at radius 1 is 1.25 bits per heavy atom. The lowest BCUT2D eigenvalue weighted by atomic mass is 10.1. The summed E-state index contributed by atoms with van der Waals surface area (Å²) in [5, 5.41) is 0. The summed E-state index contributed by atoms with van der Waals surface area (Å²) in [6.45, 7) is 4.39. The fraction of sp³-hybridized carbons (Fsp3) is 0.400. The van der Waals surface area contributed by atoms with Gasteiger partial charge in [-0.25, -0.2) is 4.79 Å². The molecule has 0 heterocycles. The summed E-state index contributed by atoms with van der Waals surface area (Å²) >= 11 is 0. The van der Waals surface area contributed by atoms with E-state index in [0.29, 0.717) is 13.2 Å². The van der Waals surface area contributed by atoms with Crippen molar-refractivity contribution < 1.29 is 19.0 Å². The molecule has 1 aromatic carbocycles. The van der Waals surface area contributed by atoms with Gasteiger partial charge in [-0.05, 0) is 38.1 Å². The Morgan fingerprint density at radius 2 is 1.90 bits per heavy atom. The zero-order chi connectivity index (χ0) is 15.0. The third kappa shape index (κ3) is 6.12. The zero-order valence-electron chi connectivity index (χ0n) is 11.9. The maximum Gasteiger partial charge on any atom is 0.406 e. The number of carbonyl (C=O) groups is 1. The number of hydrogen-bond acceptors (Lipinski definition) is 4. The van der Waals surface area contributed by atoms with Gasteiger partial charge in [0.25, 0.3) is 0 Å². The van der Waals surface area contributed by atoms with Crippen molar-refractivity contribution in [2.24, 2.45) is 5.73 Å². The van der Waals surface area contributed by atoms with E-state index >= 15 is 0 Å².